The first-order valence-corrected chi connectivity index (χ1v) is 18.9. The second-order valence-electron chi connectivity index (χ2n) is 13.0. The fourth-order valence-corrected chi connectivity index (χ4v) is 6.56. The third-order valence-electron chi connectivity index (χ3n) is 9.09. The highest BCUT2D eigenvalue weighted by Crippen LogP contribution is 2.26. The summed E-state index contributed by atoms with van der Waals surface area (Å²) in [5, 5.41) is 29.8. The molecule has 8 atom stereocenters. The molecule has 2 aliphatic heterocycles. The SMILES string of the molecule is CCCC[C@H](NC(=O)[C@@H]1CCCN1C(=O)[C@@H]1CCCN1C(=O)[C@H](CCCCN)NC(=O)[C@@H](NC(=O)[C@@H](N)CS)[C@@H](C)O)C(=O)N[C@@H](CS)C(=O)O. The molecule has 0 aromatic carbocycles. The maximum atomic E-state index is 14.0. The predicted molar refractivity (Wildman–Crippen MR) is 195 cm³/mol. The second-order valence-corrected chi connectivity index (χ2v) is 13.8. The van der Waals surface area contributed by atoms with Crippen LogP contribution in [0.15, 0.2) is 0 Å². The fraction of sp³-hybridized carbons (Fsp3) is 0.781. The number of aliphatic carboxylic acids is 1. The zero-order valence-corrected chi connectivity index (χ0v) is 31.2. The number of likely N-dealkylation sites (tertiary alicyclic amines) is 2. The minimum absolute atomic E-state index is 0.00247. The quantitative estimate of drug-likeness (QED) is 0.0447. The number of amides is 6. The summed E-state index contributed by atoms with van der Waals surface area (Å²) in [4.78, 5) is 94.6. The Labute approximate surface area is 309 Å². The van der Waals surface area contributed by atoms with Crippen LogP contribution in [0, 0.1) is 0 Å². The molecule has 0 aliphatic carbocycles. The van der Waals surface area contributed by atoms with Gasteiger partial charge in [0.25, 0.3) is 0 Å². The van der Waals surface area contributed by atoms with Gasteiger partial charge in [-0.1, -0.05) is 19.8 Å². The van der Waals surface area contributed by atoms with E-state index < -0.39 is 89.8 Å². The van der Waals surface area contributed by atoms with Crippen molar-refractivity contribution in [3.8, 4) is 0 Å². The summed E-state index contributed by atoms with van der Waals surface area (Å²) in [5.74, 6) is -5.08. The molecule has 2 rings (SSSR count). The van der Waals surface area contributed by atoms with Gasteiger partial charge < -0.3 is 52.7 Å². The number of nitrogens with two attached hydrogens (primary N) is 2. The normalized spacial score (nSPS) is 20.8. The number of aliphatic hydroxyl groups is 1. The number of carbonyl (C=O) groups is 7. The Bertz CT molecular complexity index is 1230. The summed E-state index contributed by atoms with van der Waals surface area (Å²) in [6, 6.07) is -7.63. The Morgan fingerprint density at radius 1 is 0.784 bits per heavy atom. The smallest absolute Gasteiger partial charge is 0.327 e. The first-order chi connectivity index (χ1) is 24.2. The molecule has 0 radical (unpaired) electrons. The van der Waals surface area contributed by atoms with Crippen LogP contribution < -0.4 is 32.7 Å². The number of rotatable bonds is 21. The number of unbranched alkanes of at least 4 members (excludes halogenated alkanes) is 2. The Kier molecular flexibility index (Phi) is 19.0. The molecule has 19 heteroatoms. The largest absolute Gasteiger partial charge is 0.480 e. The van der Waals surface area contributed by atoms with Crippen LogP contribution in [-0.2, 0) is 33.6 Å². The lowest BCUT2D eigenvalue weighted by Crippen LogP contribution is -2.60. The van der Waals surface area contributed by atoms with Crippen LogP contribution in [-0.4, -0.2) is 141 Å². The van der Waals surface area contributed by atoms with Crippen molar-refractivity contribution in [3.05, 3.63) is 0 Å². The molecule has 0 aromatic heterocycles. The predicted octanol–water partition coefficient (Wildman–Crippen LogP) is -2.12. The molecule has 10 N–H and O–H groups in total. The van der Waals surface area contributed by atoms with E-state index in [0.717, 1.165) is 6.42 Å². The van der Waals surface area contributed by atoms with Crippen LogP contribution >= 0.6 is 25.3 Å². The van der Waals surface area contributed by atoms with Crippen LogP contribution in [0.1, 0.15) is 78.1 Å². The Hall–Kier alpha value is -3.13. The van der Waals surface area contributed by atoms with E-state index in [-0.39, 0.29) is 37.4 Å². The van der Waals surface area contributed by atoms with Gasteiger partial charge in [0.15, 0.2) is 0 Å². The average Bonchev–Trinajstić information content (AvgIpc) is 3.80. The summed E-state index contributed by atoms with van der Waals surface area (Å²) >= 11 is 7.97. The summed E-state index contributed by atoms with van der Waals surface area (Å²) in [7, 11) is 0. The standard InChI is InChI=1S/C32H56N8O9S2/c1-3-4-9-20(27(43)37-22(17-51)32(48)49)35-28(44)23-11-7-14-39(23)31(47)24-12-8-15-40(24)30(46)21(10-5-6-13-33)36-29(45)25(18(2)41)38-26(42)19(34)16-50/h18-25,41,50-51H,3-17,33-34H2,1-2H3,(H,35,44)(H,36,45)(H,37,43)(H,38,42)(H,48,49)/t18-,19+,20+,21+,22+,23+,24+,25+/m1/s1. The molecule has 2 saturated heterocycles. The van der Waals surface area contributed by atoms with Gasteiger partial charge in [0.2, 0.25) is 35.4 Å². The molecule has 2 fully saturated rings. The number of hydrogen-bond acceptors (Lipinski definition) is 12. The highest BCUT2D eigenvalue weighted by molar-refractivity contribution is 7.80. The first kappa shape index (κ1) is 44.0. The minimum Gasteiger partial charge on any atom is -0.480 e. The van der Waals surface area contributed by atoms with Gasteiger partial charge in [-0.2, -0.15) is 25.3 Å². The van der Waals surface area contributed by atoms with Crippen molar-refractivity contribution in [2.75, 3.05) is 31.1 Å². The molecule has 2 heterocycles. The van der Waals surface area contributed by atoms with Crippen molar-refractivity contribution in [2.24, 2.45) is 11.5 Å². The van der Waals surface area contributed by atoms with E-state index in [0.29, 0.717) is 51.5 Å². The van der Waals surface area contributed by atoms with Crippen molar-refractivity contribution in [1.29, 1.82) is 0 Å². The van der Waals surface area contributed by atoms with Gasteiger partial charge in [0.05, 0.1) is 12.1 Å². The van der Waals surface area contributed by atoms with E-state index in [4.69, 9.17) is 11.5 Å². The molecule has 290 valence electrons. The van der Waals surface area contributed by atoms with E-state index in [1.165, 1.54) is 16.7 Å². The Morgan fingerprint density at radius 2 is 1.39 bits per heavy atom. The second kappa shape index (κ2) is 22.1. The van der Waals surface area contributed by atoms with Crippen LogP contribution in [0.2, 0.25) is 0 Å². The Morgan fingerprint density at radius 3 is 1.96 bits per heavy atom. The van der Waals surface area contributed by atoms with Crippen molar-refractivity contribution in [3.63, 3.8) is 0 Å². The minimum atomic E-state index is -1.41. The van der Waals surface area contributed by atoms with Crippen molar-refractivity contribution < 1.29 is 43.8 Å². The number of aliphatic hydroxyl groups excluding tert-OH is 1. The number of carbonyl (C=O) groups excluding carboxylic acids is 6. The fourth-order valence-electron chi connectivity index (χ4n) is 6.14. The van der Waals surface area contributed by atoms with Gasteiger partial charge in [-0.15, -0.1) is 0 Å². The van der Waals surface area contributed by atoms with Gasteiger partial charge in [0, 0.05) is 24.6 Å². The third kappa shape index (κ3) is 12.8. The van der Waals surface area contributed by atoms with E-state index in [2.05, 4.69) is 46.5 Å². The number of nitrogens with one attached hydrogen (secondary N) is 4. The maximum Gasteiger partial charge on any atom is 0.327 e. The summed E-state index contributed by atoms with van der Waals surface area (Å²) < 4.78 is 0. The van der Waals surface area contributed by atoms with Gasteiger partial charge in [-0.05, 0) is 64.8 Å². The highest BCUT2D eigenvalue weighted by Gasteiger charge is 2.44. The van der Waals surface area contributed by atoms with Crippen LogP contribution in [0.25, 0.3) is 0 Å². The van der Waals surface area contributed by atoms with Crippen molar-refractivity contribution in [2.45, 2.75) is 126 Å². The lowest BCUT2D eigenvalue weighted by Gasteiger charge is -2.34. The van der Waals surface area contributed by atoms with Gasteiger partial charge >= 0.3 is 5.97 Å². The number of hydrogen-bond donors (Lipinski definition) is 10. The monoisotopic (exact) mass is 760 g/mol. The zero-order chi connectivity index (χ0) is 38.2. The summed E-state index contributed by atoms with van der Waals surface area (Å²) in [6.45, 7) is 4.05. The van der Waals surface area contributed by atoms with E-state index in [1.807, 2.05) is 6.92 Å². The molecule has 0 aromatic rings. The van der Waals surface area contributed by atoms with E-state index in [1.54, 1.807) is 0 Å². The van der Waals surface area contributed by atoms with Crippen LogP contribution in [0.4, 0.5) is 0 Å². The average molecular weight is 761 g/mol. The zero-order valence-electron chi connectivity index (χ0n) is 29.4. The van der Waals surface area contributed by atoms with E-state index >= 15 is 0 Å². The van der Waals surface area contributed by atoms with Crippen LogP contribution in [0.3, 0.4) is 0 Å². The molecule has 0 bridgehead atoms. The molecule has 6 amide bonds. The topological polar surface area (TPSA) is 267 Å². The van der Waals surface area contributed by atoms with Gasteiger partial charge in [0.1, 0.15) is 36.3 Å². The van der Waals surface area contributed by atoms with E-state index in [9.17, 15) is 43.8 Å². The van der Waals surface area contributed by atoms with Crippen LogP contribution in [0.5, 0.6) is 0 Å². The third-order valence-corrected chi connectivity index (χ3v) is 9.85. The maximum absolute atomic E-state index is 14.0. The summed E-state index contributed by atoms with van der Waals surface area (Å²) in [5.41, 5.74) is 11.4. The molecule has 0 unspecified atom stereocenters. The molecule has 51 heavy (non-hydrogen) atoms. The van der Waals surface area contributed by atoms with Crippen molar-refractivity contribution in [1.82, 2.24) is 31.1 Å². The number of thiol groups is 2. The number of carboxylic acid groups (broad SMARTS) is 1. The van der Waals surface area contributed by atoms with Gasteiger partial charge in [-0.3, -0.25) is 28.8 Å². The van der Waals surface area contributed by atoms with Crippen molar-refractivity contribution >= 4 is 66.7 Å². The molecule has 0 spiro atoms. The summed E-state index contributed by atoms with van der Waals surface area (Å²) in [6.07, 6.45) is 3.12. The molecule has 17 nitrogen and oxygen atoms in total. The number of carboxylic acids is 1. The lowest BCUT2D eigenvalue weighted by molar-refractivity contribution is -0.148. The molecular weight excluding hydrogens is 705 g/mol. The van der Waals surface area contributed by atoms with Gasteiger partial charge in [-0.25, -0.2) is 4.79 Å². The number of nitrogens with zero attached hydrogens (tertiary/aromatic N) is 2. The highest BCUT2D eigenvalue weighted by atomic mass is 32.1. The molecule has 0 saturated carbocycles. The molecule has 2 aliphatic rings. The Balaban J connectivity index is 2.24. The molecular formula is C32H56N8O9S2. The first-order valence-electron chi connectivity index (χ1n) is 17.6. The lowest BCUT2D eigenvalue weighted by atomic mass is 10.0.